The number of thiophene rings is 1. The van der Waals surface area contributed by atoms with Crippen LogP contribution in [0.2, 0.25) is 0 Å². The molecule has 0 saturated carbocycles. The van der Waals surface area contributed by atoms with E-state index in [0.29, 0.717) is 0 Å². The van der Waals surface area contributed by atoms with Gasteiger partial charge in [-0.3, -0.25) is 0 Å². The maximum Gasteiger partial charge on any atom is 0.151 e. The van der Waals surface area contributed by atoms with Crippen molar-refractivity contribution in [2.75, 3.05) is 6.26 Å². The Morgan fingerprint density at radius 2 is 1.75 bits per heavy atom. The molecule has 0 atom stereocenters. The third-order valence-electron chi connectivity index (χ3n) is 2.24. The Kier molecular flexibility index (Phi) is 3.12. The zero-order valence-corrected chi connectivity index (χ0v) is 10.5. The molecule has 84 valence electrons. The minimum absolute atomic E-state index is 0.108. The number of benzene rings is 1. The second-order valence-electron chi connectivity index (χ2n) is 3.78. The smallest absolute Gasteiger partial charge is 0.151 e. The van der Waals surface area contributed by atoms with Gasteiger partial charge in [-0.1, -0.05) is 24.3 Å². The number of sulfone groups is 1. The molecule has 0 spiro atoms. The first-order valence-corrected chi connectivity index (χ1v) is 7.84. The quantitative estimate of drug-likeness (QED) is 0.841. The molecule has 2 rings (SSSR count). The summed E-state index contributed by atoms with van der Waals surface area (Å²) in [6, 6.07) is 9.71. The van der Waals surface area contributed by atoms with Crippen molar-refractivity contribution in [1.82, 2.24) is 0 Å². The van der Waals surface area contributed by atoms with Crippen LogP contribution in [0.25, 0.3) is 11.1 Å². The monoisotopic (exact) mass is 252 g/mol. The van der Waals surface area contributed by atoms with E-state index in [9.17, 15) is 8.42 Å². The molecule has 2 nitrogen and oxygen atoms in total. The van der Waals surface area contributed by atoms with E-state index in [1.165, 1.54) is 11.8 Å². The van der Waals surface area contributed by atoms with E-state index in [0.717, 1.165) is 11.1 Å². The lowest BCUT2D eigenvalue weighted by atomic mass is 10.1. The largest absolute Gasteiger partial charge is 0.229 e. The van der Waals surface area contributed by atoms with Gasteiger partial charge in [0.15, 0.2) is 9.84 Å². The van der Waals surface area contributed by atoms with Crippen molar-refractivity contribution in [2.24, 2.45) is 0 Å². The van der Waals surface area contributed by atoms with Crippen molar-refractivity contribution < 1.29 is 8.42 Å². The van der Waals surface area contributed by atoms with Crippen LogP contribution in [0.4, 0.5) is 0 Å². The van der Waals surface area contributed by atoms with Gasteiger partial charge < -0.3 is 0 Å². The first-order valence-electron chi connectivity index (χ1n) is 4.84. The molecule has 0 radical (unpaired) electrons. The number of rotatable bonds is 3. The van der Waals surface area contributed by atoms with E-state index in [2.05, 4.69) is 11.4 Å². The Morgan fingerprint density at radius 3 is 2.25 bits per heavy atom. The van der Waals surface area contributed by atoms with E-state index >= 15 is 0 Å². The van der Waals surface area contributed by atoms with Gasteiger partial charge in [-0.25, -0.2) is 8.42 Å². The van der Waals surface area contributed by atoms with Crippen LogP contribution in [0, 0.1) is 0 Å². The lowest BCUT2D eigenvalue weighted by molar-refractivity contribution is 0.601. The van der Waals surface area contributed by atoms with E-state index in [1.807, 2.05) is 29.6 Å². The van der Waals surface area contributed by atoms with Crippen LogP contribution >= 0.6 is 11.3 Å². The predicted molar refractivity (Wildman–Crippen MR) is 68.3 cm³/mol. The lowest BCUT2D eigenvalue weighted by Crippen LogP contribution is -2.00. The average Bonchev–Trinajstić information content (AvgIpc) is 2.69. The standard InChI is InChI=1S/C12H12O2S2/c1-16(13,14)9-10-2-4-11(5-3-10)12-6-7-15-8-12/h2-8H,9H2,1H3. The molecule has 1 aromatic heterocycles. The molecule has 0 saturated heterocycles. The van der Waals surface area contributed by atoms with Crippen LogP contribution in [0.5, 0.6) is 0 Å². The maximum absolute atomic E-state index is 11.1. The molecule has 16 heavy (non-hydrogen) atoms. The summed E-state index contributed by atoms with van der Waals surface area (Å²) >= 11 is 1.65. The zero-order valence-electron chi connectivity index (χ0n) is 8.88. The van der Waals surface area contributed by atoms with Crippen LogP contribution in [-0.2, 0) is 15.6 Å². The van der Waals surface area contributed by atoms with Crippen LogP contribution in [0.3, 0.4) is 0 Å². The van der Waals surface area contributed by atoms with Gasteiger partial charge in [0.25, 0.3) is 0 Å². The number of hydrogen-bond acceptors (Lipinski definition) is 3. The first-order chi connectivity index (χ1) is 7.54. The topological polar surface area (TPSA) is 34.1 Å². The summed E-state index contributed by atoms with van der Waals surface area (Å²) in [4.78, 5) is 0. The maximum atomic E-state index is 11.1. The molecule has 0 aliphatic heterocycles. The number of hydrogen-bond donors (Lipinski definition) is 0. The van der Waals surface area contributed by atoms with Crippen LogP contribution in [0.1, 0.15) is 5.56 Å². The van der Waals surface area contributed by atoms with Gasteiger partial charge in [-0.2, -0.15) is 11.3 Å². The highest BCUT2D eigenvalue weighted by atomic mass is 32.2. The fourth-order valence-electron chi connectivity index (χ4n) is 1.52. The highest BCUT2D eigenvalue weighted by molar-refractivity contribution is 7.89. The van der Waals surface area contributed by atoms with Crippen molar-refractivity contribution in [3.63, 3.8) is 0 Å². The van der Waals surface area contributed by atoms with Crippen molar-refractivity contribution in [3.8, 4) is 11.1 Å². The van der Waals surface area contributed by atoms with Gasteiger partial charge in [0.1, 0.15) is 0 Å². The van der Waals surface area contributed by atoms with E-state index in [-0.39, 0.29) is 5.75 Å². The summed E-state index contributed by atoms with van der Waals surface area (Å²) in [5, 5.41) is 4.10. The second-order valence-corrected chi connectivity index (χ2v) is 6.70. The average molecular weight is 252 g/mol. The van der Waals surface area contributed by atoms with Gasteiger partial charge >= 0.3 is 0 Å². The van der Waals surface area contributed by atoms with Gasteiger partial charge in [-0.05, 0) is 33.5 Å². The Labute approximate surface area is 99.5 Å². The Balaban J connectivity index is 2.24. The Morgan fingerprint density at radius 1 is 1.06 bits per heavy atom. The summed E-state index contributed by atoms with van der Waals surface area (Å²) in [5.41, 5.74) is 3.14. The molecule has 0 amide bonds. The fraction of sp³-hybridized carbons (Fsp3) is 0.167. The summed E-state index contributed by atoms with van der Waals surface area (Å²) < 4.78 is 22.2. The van der Waals surface area contributed by atoms with E-state index in [1.54, 1.807) is 11.3 Å². The molecule has 4 heteroatoms. The van der Waals surface area contributed by atoms with Gasteiger partial charge in [0, 0.05) is 6.26 Å². The molecule has 1 aromatic carbocycles. The van der Waals surface area contributed by atoms with Gasteiger partial charge in [-0.15, -0.1) is 0 Å². The SMILES string of the molecule is CS(=O)(=O)Cc1ccc(-c2ccsc2)cc1. The molecule has 0 N–H and O–H groups in total. The Bertz CT molecular complexity index is 552. The van der Waals surface area contributed by atoms with Crippen molar-refractivity contribution in [1.29, 1.82) is 0 Å². The molecule has 1 heterocycles. The lowest BCUT2D eigenvalue weighted by Gasteiger charge is -2.01. The normalized spacial score (nSPS) is 11.6. The second kappa shape index (κ2) is 4.39. The molecule has 0 aliphatic rings. The van der Waals surface area contributed by atoms with Crippen LogP contribution in [-0.4, -0.2) is 14.7 Å². The van der Waals surface area contributed by atoms with Crippen molar-refractivity contribution in [3.05, 3.63) is 46.7 Å². The minimum Gasteiger partial charge on any atom is -0.229 e. The van der Waals surface area contributed by atoms with Crippen molar-refractivity contribution >= 4 is 21.2 Å². The fourth-order valence-corrected chi connectivity index (χ4v) is 2.99. The molecule has 0 unspecified atom stereocenters. The molecular weight excluding hydrogens is 240 g/mol. The molecular formula is C12H12O2S2. The zero-order chi connectivity index (χ0) is 11.6. The summed E-state index contributed by atoms with van der Waals surface area (Å²) in [5.74, 6) is 0.108. The first kappa shape index (κ1) is 11.4. The highest BCUT2D eigenvalue weighted by Crippen LogP contribution is 2.22. The third kappa shape index (κ3) is 2.93. The summed E-state index contributed by atoms with van der Waals surface area (Å²) in [6.45, 7) is 0. The van der Waals surface area contributed by atoms with Gasteiger partial charge in [0.05, 0.1) is 5.75 Å². The van der Waals surface area contributed by atoms with E-state index in [4.69, 9.17) is 0 Å². The molecule has 0 aliphatic carbocycles. The third-order valence-corrected chi connectivity index (χ3v) is 3.78. The molecule has 2 aromatic rings. The minimum atomic E-state index is -2.94. The van der Waals surface area contributed by atoms with Crippen LogP contribution in [0.15, 0.2) is 41.1 Å². The Hall–Kier alpha value is -1.13. The molecule has 0 bridgehead atoms. The predicted octanol–water partition coefficient (Wildman–Crippen LogP) is 2.96. The van der Waals surface area contributed by atoms with Gasteiger partial charge in [0.2, 0.25) is 0 Å². The summed E-state index contributed by atoms with van der Waals surface area (Å²) in [7, 11) is -2.94. The van der Waals surface area contributed by atoms with E-state index < -0.39 is 9.84 Å². The van der Waals surface area contributed by atoms with Crippen molar-refractivity contribution in [2.45, 2.75) is 5.75 Å². The molecule has 0 fully saturated rings. The van der Waals surface area contributed by atoms with Crippen LogP contribution < -0.4 is 0 Å². The summed E-state index contributed by atoms with van der Waals surface area (Å²) in [6.07, 6.45) is 1.25. The highest BCUT2D eigenvalue weighted by Gasteiger charge is 2.04.